The SMILES string of the molecule is CCOC(=O)c1cccc(NC(=O)C2CCCN(S(=O)(=O)c3ccccc3)C2)c1C. The molecule has 1 aliphatic heterocycles. The highest BCUT2D eigenvalue weighted by Crippen LogP contribution is 2.26. The first-order chi connectivity index (χ1) is 14.3. The number of ether oxygens (including phenoxy) is 1. The summed E-state index contributed by atoms with van der Waals surface area (Å²) in [7, 11) is -3.64. The fraction of sp³-hybridized carbons (Fsp3) is 0.364. The van der Waals surface area contributed by atoms with Crippen LogP contribution in [0.2, 0.25) is 0 Å². The number of amides is 1. The summed E-state index contributed by atoms with van der Waals surface area (Å²) in [5.74, 6) is -1.17. The number of nitrogens with one attached hydrogen (secondary N) is 1. The fourth-order valence-corrected chi connectivity index (χ4v) is 5.10. The topological polar surface area (TPSA) is 92.8 Å². The molecule has 0 aromatic heterocycles. The second-order valence-corrected chi connectivity index (χ2v) is 9.14. The molecule has 1 atom stereocenters. The lowest BCUT2D eigenvalue weighted by Crippen LogP contribution is -2.43. The second kappa shape index (κ2) is 9.40. The van der Waals surface area contributed by atoms with Crippen molar-refractivity contribution in [3.05, 3.63) is 59.7 Å². The summed E-state index contributed by atoms with van der Waals surface area (Å²) in [6, 6.07) is 13.3. The quantitative estimate of drug-likeness (QED) is 0.711. The van der Waals surface area contributed by atoms with Crippen molar-refractivity contribution in [2.75, 3.05) is 25.0 Å². The Hall–Kier alpha value is -2.71. The first-order valence-corrected chi connectivity index (χ1v) is 11.4. The normalized spacial score (nSPS) is 17.3. The molecule has 2 aromatic rings. The van der Waals surface area contributed by atoms with Crippen LogP contribution in [-0.4, -0.2) is 44.3 Å². The van der Waals surface area contributed by atoms with Gasteiger partial charge >= 0.3 is 5.97 Å². The zero-order valence-electron chi connectivity index (χ0n) is 17.1. The summed E-state index contributed by atoms with van der Waals surface area (Å²) < 4.78 is 32.2. The third-order valence-electron chi connectivity index (χ3n) is 5.22. The number of nitrogens with zero attached hydrogens (tertiary/aromatic N) is 1. The third kappa shape index (κ3) is 4.71. The Balaban J connectivity index is 1.74. The molecule has 8 heteroatoms. The number of carbonyl (C=O) groups excluding carboxylic acids is 2. The van der Waals surface area contributed by atoms with E-state index in [0.717, 1.165) is 0 Å². The summed E-state index contributed by atoms with van der Waals surface area (Å²) >= 11 is 0. The van der Waals surface area contributed by atoms with E-state index < -0.39 is 21.9 Å². The van der Waals surface area contributed by atoms with E-state index in [9.17, 15) is 18.0 Å². The van der Waals surface area contributed by atoms with Crippen molar-refractivity contribution in [3.8, 4) is 0 Å². The highest BCUT2D eigenvalue weighted by Gasteiger charge is 2.33. The number of sulfonamides is 1. The van der Waals surface area contributed by atoms with E-state index in [1.54, 1.807) is 62.4 Å². The first-order valence-electron chi connectivity index (χ1n) is 9.97. The predicted octanol–water partition coefficient (Wildman–Crippen LogP) is 3.21. The Labute approximate surface area is 177 Å². The Kier molecular flexibility index (Phi) is 6.89. The molecule has 7 nitrogen and oxygen atoms in total. The number of carbonyl (C=O) groups is 2. The van der Waals surface area contributed by atoms with Crippen molar-refractivity contribution >= 4 is 27.6 Å². The molecule has 0 bridgehead atoms. The number of esters is 1. The van der Waals surface area contributed by atoms with Crippen LogP contribution in [0, 0.1) is 12.8 Å². The van der Waals surface area contributed by atoms with Gasteiger partial charge < -0.3 is 10.1 Å². The summed E-state index contributed by atoms with van der Waals surface area (Å²) in [6.07, 6.45) is 1.20. The lowest BCUT2D eigenvalue weighted by atomic mass is 9.98. The lowest BCUT2D eigenvalue weighted by molar-refractivity contribution is -0.120. The van der Waals surface area contributed by atoms with Gasteiger partial charge in [0, 0.05) is 18.8 Å². The van der Waals surface area contributed by atoms with Crippen molar-refractivity contribution in [2.45, 2.75) is 31.6 Å². The van der Waals surface area contributed by atoms with Crippen molar-refractivity contribution < 1.29 is 22.7 Å². The molecule has 0 radical (unpaired) electrons. The van der Waals surface area contributed by atoms with Crippen LogP contribution in [0.25, 0.3) is 0 Å². The average Bonchev–Trinajstić information content (AvgIpc) is 2.76. The van der Waals surface area contributed by atoms with Gasteiger partial charge in [-0.05, 0) is 56.5 Å². The molecule has 0 spiro atoms. The van der Waals surface area contributed by atoms with Crippen LogP contribution in [-0.2, 0) is 19.6 Å². The molecule has 3 rings (SSSR count). The molecule has 1 amide bonds. The number of hydrogen-bond donors (Lipinski definition) is 1. The molecule has 1 unspecified atom stereocenters. The Morgan fingerprint density at radius 3 is 2.57 bits per heavy atom. The zero-order valence-corrected chi connectivity index (χ0v) is 17.9. The maximum absolute atomic E-state index is 12.9. The van der Waals surface area contributed by atoms with Gasteiger partial charge in [0.05, 0.1) is 23.0 Å². The lowest BCUT2D eigenvalue weighted by Gasteiger charge is -2.31. The van der Waals surface area contributed by atoms with Gasteiger partial charge in [-0.25, -0.2) is 13.2 Å². The number of piperidine rings is 1. The number of anilines is 1. The maximum Gasteiger partial charge on any atom is 0.338 e. The summed E-state index contributed by atoms with van der Waals surface area (Å²) in [5.41, 5.74) is 1.54. The van der Waals surface area contributed by atoms with Crippen LogP contribution in [0.3, 0.4) is 0 Å². The molecule has 2 aromatic carbocycles. The van der Waals surface area contributed by atoms with Gasteiger partial charge in [-0.2, -0.15) is 4.31 Å². The Morgan fingerprint density at radius 2 is 1.87 bits per heavy atom. The van der Waals surface area contributed by atoms with Crippen LogP contribution < -0.4 is 5.32 Å². The van der Waals surface area contributed by atoms with E-state index >= 15 is 0 Å². The van der Waals surface area contributed by atoms with Crippen LogP contribution in [0.1, 0.15) is 35.7 Å². The Bertz CT molecular complexity index is 1020. The molecule has 1 saturated heterocycles. The van der Waals surface area contributed by atoms with Gasteiger partial charge in [0.1, 0.15) is 0 Å². The van der Waals surface area contributed by atoms with E-state index in [1.165, 1.54) is 4.31 Å². The fourth-order valence-electron chi connectivity index (χ4n) is 3.55. The summed E-state index contributed by atoms with van der Waals surface area (Å²) in [4.78, 5) is 25.2. The van der Waals surface area contributed by atoms with Crippen LogP contribution >= 0.6 is 0 Å². The van der Waals surface area contributed by atoms with Crippen LogP contribution in [0.4, 0.5) is 5.69 Å². The predicted molar refractivity (Wildman–Crippen MR) is 114 cm³/mol. The monoisotopic (exact) mass is 430 g/mol. The van der Waals surface area contributed by atoms with Gasteiger partial charge in [-0.1, -0.05) is 24.3 Å². The van der Waals surface area contributed by atoms with Crippen LogP contribution in [0.5, 0.6) is 0 Å². The van der Waals surface area contributed by atoms with Gasteiger partial charge in [-0.3, -0.25) is 4.79 Å². The molecule has 0 aliphatic carbocycles. The van der Waals surface area contributed by atoms with E-state index in [-0.39, 0.29) is 24.0 Å². The highest BCUT2D eigenvalue weighted by atomic mass is 32.2. The summed E-state index contributed by atoms with van der Waals surface area (Å²) in [5, 5.41) is 2.86. The minimum atomic E-state index is -3.64. The average molecular weight is 431 g/mol. The van der Waals surface area contributed by atoms with Gasteiger partial charge in [0.15, 0.2) is 0 Å². The van der Waals surface area contributed by atoms with Gasteiger partial charge in [0.25, 0.3) is 0 Å². The van der Waals surface area contributed by atoms with Crippen LogP contribution in [0.15, 0.2) is 53.4 Å². The van der Waals surface area contributed by atoms with Crippen molar-refractivity contribution in [1.29, 1.82) is 0 Å². The molecule has 1 aliphatic rings. The minimum Gasteiger partial charge on any atom is -0.462 e. The van der Waals surface area contributed by atoms with E-state index in [4.69, 9.17) is 4.74 Å². The zero-order chi connectivity index (χ0) is 21.7. The van der Waals surface area contributed by atoms with Gasteiger partial charge in [0.2, 0.25) is 15.9 Å². The highest BCUT2D eigenvalue weighted by molar-refractivity contribution is 7.89. The smallest absolute Gasteiger partial charge is 0.338 e. The molecule has 1 fully saturated rings. The van der Waals surface area contributed by atoms with Crippen molar-refractivity contribution in [2.24, 2.45) is 5.92 Å². The Morgan fingerprint density at radius 1 is 1.13 bits per heavy atom. The van der Waals surface area contributed by atoms with E-state index in [2.05, 4.69) is 5.32 Å². The first kappa shape index (κ1) is 22.0. The van der Waals surface area contributed by atoms with Gasteiger partial charge in [-0.15, -0.1) is 0 Å². The molecule has 160 valence electrons. The van der Waals surface area contributed by atoms with Crippen molar-refractivity contribution in [3.63, 3.8) is 0 Å². The molecule has 30 heavy (non-hydrogen) atoms. The van der Waals surface area contributed by atoms with E-state index in [1.807, 2.05) is 0 Å². The molecule has 1 N–H and O–H groups in total. The molecule has 0 saturated carbocycles. The van der Waals surface area contributed by atoms with E-state index in [0.29, 0.717) is 36.2 Å². The largest absolute Gasteiger partial charge is 0.462 e. The molecular weight excluding hydrogens is 404 g/mol. The molecular formula is C22H26N2O5S. The molecule has 1 heterocycles. The second-order valence-electron chi connectivity index (χ2n) is 7.20. The maximum atomic E-state index is 12.9. The number of rotatable bonds is 6. The third-order valence-corrected chi connectivity index (χ3v) is 7.10. The number of benzene rings is 2. The van der Waals surface area contributed by atoms with Crippen molar-refractivity contribution in [1.82, 2.24) is 4.31 Å². The summed E-state index contributed by atoms with van der Waals surface area (Å²) in [6.45, 7) is 4.26. The number of hydrogen-bond acceptors (Lipinski definition) is 5. The minimum absolute atomic E-state index is 0.125. The standard InChI is InChI=1S/C22H26N2O5S/c1-3-29-22(26)19-12-7-13-20(16(19)2)23-21(25)17-9-8-14-24(15-17)30(27,28)18-10-5-4-6-11-18/h4-7,10-13,17H,3,8-9,14-15H2,1-2H3,(H,23,25).